The summed E-state index contributed by atoms with van der Waals surface area (Å²) in [6.07, 6.45) is -1.98. The zero-order chi connectivity index (χ0) is 13.1. The third-order valence-electron chi connectivity index (χ3n) is 2.99. The van der Waals surface area contributed by atoms with Crippen LogP contribution < -0.4 is 10.6 Å². The SMILES string of the molecule is CC(NC1(CO)CCC1)C(=O)NCC(F)(F)F. The normalized spacial score (nSPS) is 20.5. The van der Waals surface area contributed by atoms with Gasteiger partial charge in [0.2, 0.25) is 5.91 Å². The quantitative estimate of drug-likeness (QED) is 0.671. The van der Waals surface area contributed by atoms with Crippen molar-refractivity contribution in [3.8, 4) is 0 Å². The van der Waals surface area contributed by atoms with E-state index in [4.69, 9.17) is 5.11 Å². The van der Waals surface area contributed by atoms with E-state index >= 15 is 0 Å². The first-order valence-corrected chi connectivity index (χ1v) is 5.51. The third kappa shape index (κ3) is 4.16. The van der Waals surface area contributed by atoms with Crippen molar-refractivity contribution < 1.29 is 23.1 Å². The molecule has 17 heavy (non-hydrogen) atoms. The van der Waals surface area contributed by atoms with Crippen molar-refractivity contribution >= 4 is 5.91 Å². The highest BCUT2D eigenvalue weighted by Crippen LogP contribution is 2.31. The highest BCUT2D eigenvalue weighted by molar-refractivity contribution is 5.81. The zero-order valence-electron chi connectivity index (χ0n) is 9.60. The van der Waals surface area contributed by atoms with E-state index < -0.39 is 30.2 Å². The maximum atomic E-state index is 11.9. The van der Waals surface area contributed by atoms with E-state index in [2.05, 4.69) is 5.32 Å². The molecule has 1 aliphatic rings. The molecule has 4 nitrogen and oxygen atoms in total. The van der Waals surface area contributed by atoms with Gasteiger partial charge in [-0.3, -0.25) is 10.1 Å². The Balaban J connectivity index is 2.36. The summed E-state index contributed by atoms with van der Waals surface area (Å²) < 4.78 is 35.7. The summed E-state index contributed by atoms with van der Waals surface area (Å²) in [5.41, 5.74) is -0.491. The highest BCUT2D eigenvalue weighted by atomic mass is 19.4. The first-order valence-electron chi connectivity index (χ1n) is 5.51. The van der Waals surface area contributed by atoms with Gasteiger partial charge in [-0.05, 0) is 26.2 Å². The molecule has 0 aromatic carbocycles. The van der Waals surface area contributed by atoms with E-state index in [1.165, 1.54) is 6.92 Å². The molecule has 0 bridgehead atoms. The number of carbonyl (C=O) groups excluding carboxylic acids is 1. The molecule has 7 heteroatoms. The molecule has 0 aromatic heterocycles. The number of carbonyl (C=O) groups is 1. The van der Waals surface area contributed by atoms with Crippen molar-refractivity contribution in [2.75, 3.05) is 13.2 Å². The van der Waals surface area contributed by atoms with Crippen molar-refractivity contribution in [3.63, 3.8) is 0 Å². The van der Waals surface area contributed by atoms with Crippen molar-refractivity contribution in [1.82, 2.24) is 10.6 Å². The largest absolute Gasteiger partial charge is 0.405 e. The van der Waals surface area contributed by atoms with Crippen LogP contribution in [0.15, 0.2) is 0 Å². The fourth-order valence-corrected chi connectivity index (χ4v) is 1.82. The summed E-state index contributed by atoms with van der Waals surface area (Å²) in [6.45, 7) is 0.0509. The Morgan fingerprint density at radius 3 is 2.41 bits per heavy atom. The van der Waals surface area contributed by atoms with Crippen LogP contribution in [0.3, 0.4) is 0 Å². The van der Waals surface area contributed by atoms with Crippen molar-refractivity contribution in [3.05, 3.63) is 0 Å². The number of hydrogen-bond donors (Lipinski definition) is 3. The average Bonchev–Trinajstić information content (AvgIpc) is 2.18. The van der Waals surface area contributed by atoms with Crippen LogP contribution in [0, 0.1) is 0 Å². The first kappa shape index (κ1) is 14.2. The van der Waals surface area contributed by atoms with Gasteiger partial charge in [-0.15, -0.1) is 0 Å². The van der Waals surface area contributed by atoms with Crippen LogP contribution >= 0.6 is 0 Å². The molecular weight excluding hydrogens is 237 g/mol. The van der Waals surface area contributed by atoms with Gasteiger partial charge in [-0.25, -0.2) is 0 Å². The monoisotopic (exact) mass is 254 g/mol. The molecule has 0 aromatic rings. The average molecular weight is 254 g/mol. The van der Waals surface area contributed by atoms with Gasteiger partial charge in [0.05, 0.1) is 12.6 Å². The first-order chi connectivity index (χ1) is 7.78. The van der Waals surface area contributed by atoms with E-state index in [9.17, 15) is 18.0 Å². The number of hydrogen-bond acceptors (Lipinski definition) is 3. The fourth-order valence-electron chi connectivity index (χ4n) is 1.82. The Bertz CT molecular complexity index is 272. The lowest BCUT2D eigenvalue weighted by molar-refractivity contribution is -0.140. The van der Waals surface area contributed by atoms with Crippen molar-refractivity contribution in [2.45, 2.75) is 43.9 Å². The van der Waals surface area contributed by atoms with E-state index in [-0.39, 0.29) is 6.61 Å². The van der Waals surface area contributed by atoms with E-state index in [1.54, 1.807) is 0 Å². The molecular formula is C10H17F3N2O2. The van der Waals surface area contributed by atoms with Crippen molar-refractivity contribution in [1.29, 1.82) is 0 Å². The number of amides is 1. The Morgan fingerprint density at radius 2 is 2.06 bits per heavy atom. The molecule has 3 N–H and O–H groups in total. The van der Waals surface area contributed by atoms with Crippen LogP contribution in [0.5, 0.6) is 0 Å². The summed E-state index contributed by atoms with van der Waals surface area (Å²) in [4.78, 5) is 11.4. The van der Waals surface area contributed by atoms with Crippen LogP contribution in [-0.4, -0.2) is 41.9 Å². The molecule has 0 aliphatic heterocycles. The second kappa shape index (κ2) is 5.22. The third-order valence-corrected chi connectivity index (χ3v) is 2.99. The predicted molar refractivity (Wildman–Crippen MR) is 55.3 cm³/mol. The lowest BCUT2D eigenvalue weighted by atomic mass is 9.77. The molecule has 1 fully saturated rings. The summed E-state index contributed by atoms with van der Waals surface area (Å²) in [6, 6.07) is -0.746. The molecule has 0 radical (unpaired) electrons. The summed E-state index contributed by atoms with van der Waals surface area (Å²) in [5, 5.41) is 13.8. The van der Waals surface area contributed by atoms with Crippen LogP contribution in [-0.2, 0) is 4.79 Å². The van der Waals surface area contributed by atoms with E-state index in [0.29, 0.717) is 0 Å². The Kier molecular flexibility index (Phi) is 4.37. The molecule has 1 aliphatic carbocycles. The summed E-state index contributed by atoms with van der Waals surface area (Å²) >= 11 is 0. The lowest BCUT2D eigenvalue weighted by Crippen LogP contribution is -2.60. The van der Waals surface area contributed by atoms with Gasteiger partial charge in [0, 0.05) is 5.54 Å². The minimum Gasteiger partial charge on any atom is -0.394 e. The van der Waals surface area contributed by atoms with Gasteiger partial charge >= 0.3 is 6.18 Å². The van der Waals surface area contributed by atoms with Crippen LogP contribution in [0.25, 0.3) is 0 Å². The molecule has 1 saturated carbocycles. The molecule has 1 unspecified atom stereocenters. The second-order valence-corrected chi connectivity index (χ2v) is 4.49. The van der Waals surface area contributed by atoms with Gasteiger partial charge in [-0.1, -0.05) is 0 Å². The zero-order valence-corrected chi connectivity index (χ0v) is 9.60. The fraction of sp³-hybridized carbons (Fsp3) is 0.900. The minimum absolute atomic E-state index is 0.107. The van der Waals surface area contributed by atoms with Gasteiger partial charge in [0.1, 0.15) is 6.54 Å². The van der Waals surface area contributed by atoms with Gasteiger partial charge in [0.25, 0.3) is 0 Å². The molecule has 1 atom stereocenters. The molecule has 1 amide bonds. The number of nitrogens with one attached hydrogen (secondary N) is 2. The summed E-state index contributed by atoms with van der Waals surface area (Å²) in [5.74, 6) is -0.706. The number of halogens is 3. The maximum absolute atomic E-state index is 11.9. The van der Waals surface area contributed by atoms with Crippen LogP contribution in [0.4, 0.5) is 13.2 Å². The molecule has 0 spiro atoms. The van der Waals surface area contributed by atoms with Gasteiger partial charge in [0.15, 0.2) is 0 Å². The van der Waals surface area contributed by atoms with Gasteiger partial charge in [-0.2, -0.15) is 13.2 Å². The van der Waals surface area contributed by atoms with E-state index in [0.717, 1.165) is 19.3 Å². The molecule has 1 rings (SSSR count). The standard InChI is InChI=1S/C10H17F3N2O2/c1-7(8(17)14-5-10(11,12)13)15-9(6-16)3-2-4-9/h7,15-16H,2-6H2,1H3,(H,14,17). The van der Waals surface area contributed by atoms with E-state index in [1.807, 2.05) is 5.32 Å². The van der Waals surface area contributed by atoms with Crippen LogP contribution in [0.2, 0.25) is 0 Å². The Morgan fingerprint density at radius 1 is 1.47 bits per heavy atom. The number of aliphatic hydroxyl groups excluding tert-OH is 1. The number of rotatable bonds is 5. The second-order valence-electron chi connectivity index (χ2n) is 4.49. The van der Waals surface area contributed by atoms with Crippen LogP contribution in [0.1, 0.15) is 26.2 Å². The highest BCUT2D eigenvalue weighted by Gasteiger charge is 2.38. The molecule has 100 valence electrons. The minimum atomic E-state index is -4.40. The molecule has 0 heterocycles. The van der Waals surface area contributed by atoms with Crippen molar-refractivity contribution in [2.24, 2.45) is 0 Å². The topological polar surface area (TPSA) is 61.4 Å². The smallest absolute Gasteiger partial charge is 0.394 e. The number of alkyl halides is 3. The number of aliphatic hydroxyl groups is 1. The van der Waals surface area contributed by atoms with Gasteiger partial charge < -0.3 is 10.4 Å². The Hall–Kier alpha value is -0.820. The Labute approximate surface area is 97.6 Å². The molecule has 0 saturated heterocycles. The summed E-state index contributed by atoms with van der Waals surface area (Å²) in [7, 11) is 0. The lowest BCUT2D eigenvalue weighted by Gasteiger charge is -2.42. The predicted octanol–water partition coefficient (Wildman–Crippen LogP) is 0.558. The maximum Gasteiger partial charge on any atom is 0.405 e.